The molecule has 0 heterocycles. The molecule has 0 aromatic carbocycles. The van der Waals surface area contributed by atoms with E-state index in [1.807, 2.05) is 7.05 Å². The lowest BCUT2D eigenvalue weighted by Crippen LogP contribution is -2.36. The predicted octanol–water partition coefficient (Wildman–Crippen LogP) is 0.812. The molecule has 0 atom stereocenters. The molecule has 0 bridgehead atoms. The fraction of sp³-hybridized carbons (Fsp3) is 0.875. The van der Waals surface area contributed by atoms with E-state index < -0.39 is 0 Å². The first-order valence-electron chi connectivity index (χ1n) is 4.42. The van der Waals surface area contributed by atoms with Crippen LogP contribution in [0.3, 0.4) is 0 Å². The van der Waals surface area contributed by atoms with Gasteiger partial charge in [-0.2, -0.15) is 0 Å². The first-order chi connectivity index (χ1) is 5.74. The zero-order valence-corrected chi connectivity index (χ0v) is 7.53. The summed E-state index contributed by atoms with van der Waals surface area (Å²) in [5, 5.41) is 11.4. The number of guanidine groups is 1. The van der Waals surface area contributed by atoms with Crippen molar-refractivity contribution < 1.29 is 5.21 Å². The molecule has 0 amide bonds. The largest absolute Gasteiger partial charge is 0.408 e. The summed E-state index contributed by atoms with van der Waals surface area (Å²) in [6, 6.07) is 0. The first kappa shape index (κ1) is 9.16. The van der Waals surface area contributed by atoms with Gasteiger partial charge in [-0.25, -0.2) is 0 Å². The molecule has 1 aliphatic rings. The van der Waals surface area contributed by atoms with Crippen LogP contribution in [0.4, 0.5) is 0 Å². The van der Waals surface area contributed by atoms with E-state index >= 15 is 0 Å². The van der Waals surface area contributed by atoms with Gasteiger partial charge >= 0.3 is 0 Å². The van der Waals surface area contributed by atoms with Gasteiger partial charge in [0.15, 0.2) is 0 Å². The van der Waals surface area contributed by atoms with Gasteiger partial charge in [0.1, 0.15) is 0 Å². The number of rotatable bonds is 2. The van der Waals surface area contributed by atoms with E-state index in [9.17, 15) is 0 Å². The van der Waals surface area contributed by atoms with Gasteiger partial charge in [0.2, 0.25) is 5.96 Å². The van der Waals surface area contributed by atoms with Crippen molar-refractivity contribution in [1.29, 1.82) is 0 Å². The number of hydrogen-bond acceptors (Lipinski definition) is 2. The Kier molecular flexibility index (Phi) is 3.19. The average molecular weight is 171 g/mol. The lowest BCUT2D eigenvalue weighted by atomic mass is 10.1. The standard InChI is InChI=1S/C8H17N3O/c1-11(8(9)10-12)6-7-4-2-3-5-7/h7,12H,2-6H2,1H3,(H2,9,10). The van der Waals surface area contributed by atoms with Gasteiger partial charge in [-0.05, 0) is 18.8 Å². The lowest BCUT2D eigenvalue weighted by molar-refractivity contribution is 0.297. The van der Waals surface area contributed by atoms with E-state index in [1.54, 1.807) is 4.90 Å². The highest BCUT2D eigenvalue weighted by atomic mass is 16.4. The zero-order chi connectivity index (χ0) is 8.97. The van der Waals surface area contributed by atoms with Crippen LogP contribution in [0, 0.1) is 5.92 Å². The molecular weight excluding hydrogens is 154 g/mol. The van der Waals surface area contributed by atoms with Crippen LogP contribution in [0.5, 0.6) is 0 Å². The number of oxime groups is 1. The topological polar surface area (TPSA) is 61.8 Å². The summed E-state index contributed by atoms with van der Waals surface area (Å²) in [7, 11) is 1.85. The van der Waals surface area contributed by atoms with E-state index in [0.29, 0.717) is 0 Å². The molecule has 1 fully saturated rings. The van der Waals surface area contributed by atoms with Crippen molar-refractivity contribution in [1.82, 2.24) is 4.90 Å². The van der Waals surface area contributed by atoms with Crippen LogP contribution in [0.2, 0.25) is 0 Å². The van der Waals surface area contributed by atoms with Gasteiger partial charge in [-0.3, -0.25) is 0 Å². The molecule has 0 aromatic rings. The molecule has 4 heteroatoms. The predicted molar refractivity (Wildman–Crippen MR) is 48.0 cm³/mol. The van der Waals surface area contributed by atoms with Gasteiger partial charge in [-0.1, -0.05) is 18.0 Å². The molecule has 1 aliphatic carbocycles. The molecule has 3 N–H and O–H groups in total. The average Bonchev–Trinajstić information content (AvgIpc) is 2.55. The molecular formula is C8H17N3O. The van der Waals surface area contributed by atoms with E-state index in [2.05, 4.69) is 5.16 Å². The van der Waals surface area contributed by atoms with E-state index in [-0.39, 0.29) is 5.96 Å². The highest BCUT2D eigenvalue weighted by molar-refractivity contribution is 5.76. The quantitative estimate of drug-likeness (QED) is 0.280. The van der Waals surface area contributed by atoms with Crippen LogP contribution >= 0.6 is 0 Å². The molecule has 0 unspecified atom stereocenters. The van der Waals surface area contributed by atoms with Crippen LogP contribution in [0.25, 0.3) is 0 Å². The van der Waals surface area contributed by atoms with Crippen molar-refractivity contribution in [3.05, 3.63) is 0 Å². The fourth-order valence-electron chi connectivity index (χ4n) is 1.75. The molecule has 1 saturated carbocycles. The van der Waals surface area contributed by atoms with Crippen molar-refractivity contribution in [3.8, 4) is 0 Å². The summed E-state index contributed by atoms with van der Waals surface area (Å²) >= 11 is 0. The minimum Gasteiger partial charge on any atom is -0.408 e. The Balaban J connectivity index is 2.29. The molecule has 12 heavy (non-hydrogen) atoms. The Morgan fingerprint density at radius 3 is 2.67 bits per heavy atom. The van der Waals surface area contributed by atoms with Gasteiger partial charge in [0, 0.05) is 13.6 Å². The van der Waals surface area contributed by atoms with Crippen molar-refractivity contribution in [2.45, 2.75) is 25.7 Å². The van der Waals surface area contributed by atoms with Crippen molar-refractivity contribution >= 4 is 5.96 Å². The molecule has 0 spiro atoms. The zero-order valence-electron chi connectivity index (χ0n) is 7.53. The minimum absolute atomic E-state index is 0.210. The Morgan fingerprint density at radius 2 is 2.17 bits per heavy atom. The van der Waals surface area contributed by atoms with Crippen LogP contribution < -0.4 is 5.73 Å². The molecule has 70 valence electrons. The summed E-state index contributed by atoms with van der Waals surface area (Å²) in [5.74, 6) is 0.942. The Bertz CT molecular complexity index is 164. The molecule has 0 radical (unpaired) electrons. The highest BCUT2D eigenvalue weighted by Crippen LogP contribution is 2.24. The third-order valence-corrected chi connectivity index (χ3v) is 2.50. The molecule has 0 aliphatic heterocycles. The molecule has 0 aromatic heterocycles. The number of nitrogens with two attached hydrogens (primary N) is 1. The Hall–Kier alpha value is -0.930. The summed E-state index contributed by atoms with van der Waals surface area (Å²) in [5.41, 5.74) is 5.42. The van der Waals surface area contributed by atoms with Gasteiger partial charge < -0.3 is 15.8 Å². The van der Waals surface area contributed by atoms with Crippen molar-refractivity contribution in [3.63, 3.8) is 0 Å². The maximum Gasteiger partial charge on any atom is 0.233 e. The second-order valence-corrected chi connectivity index (χ2v) is 3.49. The smallest absolute Gasteiger partial charge is 0.233 e. The second-order valence-electron chi connectivity index (χ2n) is 3.49. The van der Waals surface area contributed by atoms with Gasteiger partial charge in [0.25, 0.3) is 0 Å². The third-order valence-electron chi connectivity index (χ3n) is 2.50. The third kappa shape index (κ3) is 2.29. The second kappa shape index (κ2) is 4.18. The minimum atomic E-state index is 0.210. The van der Waals surface area contributed by atoms with Crippen LogP contribution in [-0.2, 0) is 0 Å². The van der Waals surface area contributed by atoms with E-state index in [0.717, 1.165) is 12.5 Å². The van der Waals surface area contributed by atoms with Crippen LogP contribution in [0.15, 0.2) is 5.16 Å². The lowest BCUT2D eigenvalue weighted by Gasteiger charge is -2.20. The monoisotopic (exact) mass is 171 g/mol. The SMILES string of the molecule is CN(CC1CCCC1)C(N)=NO. The normalized spacial score (nSPS) is 19.9. The number of nitrogens with zero attached hydrogens (tertiary/aromatic N) is 2. The first-order valence-corrected chi connectivity index (χ1v) is 4.42. The van der Waals surface area contributed by atoms with Crippen LogP contribution in [0.1, 0.15) is 25.7 Å². The van der Waals surface area contributed by atoms with E-state index in [4.69, 9.17) is 10.9 Å². The van der Waals surface area contributed by atoms with Gasteiger partial charge in [0.05, 0.1) is 0 Å². The maximum absolute atomic E-state index is 8.40. The Morgan fingerprint density at radius 1 is 1.58 bits per heavy atom. The highest BCUT2D eigenvalue weighted by Gasteiger charge is 2.17. The molecule has 1 rings (SSSR count). The summed E-state index contributed by atoms with van der Waals surface area (Å²) in [4.78, 5) is 1.80. The Labute approximate surface area is 73.0 Å². The molecule has 4 nitrogen and oxygen atoms in total. The van der Waals surface area contributed by atoms with Gasteiger partial charge in [-0.15, -0.1) is 0 Å². The van der Waals surface area contributed by atoms with E-state index in [1.165, 1.54) is 25.7 Å². The van der Waals surface area contributed by atoms with Crippen molar-refractivity contribution in [2.75, 3.05) is 13.6 Å². The summed E-state index contributed by atoms with van der Waals surface area (Å²) in [6.45, 7) is 0.913. The summed E-state index contributed by atoms with van der Waals surface area (Å²) in [6.07, 6.45) is 5.22. The number of hydrogen-bond donors (Lipinski definition) is 2. The molecule has 0 saturated heterocycles. The van der Waals surface area contributed by atoms with Crippen molar-refractivity contribution in [2.24, 2.45) is 16.8 Å². The fourth-order valence-corrected chi connectivity index (χ4v) is 1.75. The van der Waals surface area contributed by atoms with Crippen LogP contribution in [-0.4, -0.2) is 29.7 Å². The maximum atomic E-state index is 8.40. The summed E-state index contributed by atoms with van der Waals surface area (Å²) < 4.78 is 0.